The molecule has 0 amide bonds. The molecule has 0 bridgehead atoms. The summed E-state index contributed by atoms with van der Waals surface area (Å²) in [5, 5.41) is 0. The van der Waals surface area contributed by atoms with Gasteiger partial charge in [-0.25, -0.2) is 0 Å². The molecule has 0 saturated carbocycles. The number of nitrogens with zero attached hydrogens (tertiary/aromatic N) is 1. The molecule has 3 rings (SSSR count). The highest BCUT2D eigenvalue weighted by molar-refractivity contribution is 5.70. The van der Waals surface area contributed by atoms with Gasteiger partial charge in [-0.1, -0.05) is 30.3 Å². The Hall–Kier alpha value is -1.39. The maximum absolute atomic E-state index is 11.7. The Morgan fingerprint density at radius 3 is 2.95 bits per heavy atom. The minimum absolute atomic E-state index is 0.189. The summed E-state index contributed by atoms with van der Waals surface area (Å²) in [5.41, 5.74) is 0.812. The zero-order chi connectivity index (χ0) is 14.0. The molecule has 0 unspecified atom stereocenters. The topological polar surface area (TPSA) is 38.8 Å². The summed E-state index contributed by atoms with van der Waals surface area (Å²) in [6, 6.07) is 10.7. The molecule has 2 aliphatic rings. The van der Waals surface area contributed by atoms with Gasteiger partial charge in [0.2, 0.25) is 0 Å². The fourth-order valence-corrected chi connectivity index (χ4v) is 3.44. The maximum atomic E-state index is 11.7. The average Bonchev–Trinajstić information content (AvgIpc) is 2.87. The lowest BCUT2D eigenvalue weighted by molar-refractivity contribution is -0.160. The number of carbonyl (C=O) groups excluding carboxylic acids is 1. The molecule has 4 nitrogen and oxygen atoms in total. The van der Waals surface area contributed by atoms with Crippen LogP contribution in [0.5, 0.6) is 0 Å². The molecule has 108 valence electrons. The third kappa shape index (κ3) is 2.34. The van der Waals surface area contributed by atoms with Crippen LogP contribution in [0.15, 0.2) is 30.3 Å². The molecule has 0 spiro atoms. The van der Waals surface area contributed by atoms with Crippen LogP contribution >= 0.6 is 0 Å². The van der Waals surface area contributed by atoms with Crippen molar-refractivity contribution in [3.8, 4) is 0 Å². The Morgan fingerprint density at radius 2 is 2.20 bits per heavy atom. The van der Waals surface area contributed by atoms with E-state index in [4.69, 9.17) is 9.47 Å². The predicted molar refractivity (Wildman–Crippen MR) is 75.1 cm³/mol. The van der Waals surface area contributed by atoms with Crippen molar-refractivity contribution in [3.05, 3.63) is 35.9 Å². The van der Waals surface area contributed by atoms with Gasteiger partial charge in [-0.05, 0) is 24.8 Å². The summed E-state index contributed by atoms with van der Waals surface area (Å²) < 4.78 is 11.0. The second-order valence-electron chi connectivity index (χ2n) is 5.59. The van der Waals surface area contributed by atoms with E-state index in [1.54, 1.807) is 0 Å². The number of fused-ring (bicyclic) bond motifs is 1. The average molecular weight is 275 g/mol. The summed E-state index contributed by atoms with van der Waals surface area (Å²) >= 11 is 0. The lowest BCUT2D eigenvalue weighted by Crippen LogP contribution is -2.50. The van der Waals surface area contributed by atoms with Crippen molar-refractivity contribution in [2.24, 2.45) is 0 Å². The SMILES string of the molecule is COC(=O)C[C@@]12CCCCN1[C@@H](c1ccccc1)CO2. The Balaban J connectivity index is 1.85. The van der Waals surface area contributed by atoms with Crippen LogP contribution in [0.1, 0.15) is 37.3 Å². The number of hydrogen-bond donors (Lipinski definition) is 0. The molecule has 2 saturated heterocycles. The fourth-order valence-electron chi connectivity index (χ4n) is 3.44. The number of rotatable bonds is 3. The van der Waals surface area contributed by atoms with Crippen molar-refractivity contribution >= 4 is 5.97 Å². The highest BCUT2D eigenvalue weighted by atomic mass is 16.5. The van der Waals surface area contributed by atoms with Gasteiger partial charge in [0.1, 0.15) is 5.72 Å². The second-order valence-corrected chi connectivity index (χ2v) is 5.59. The van der Waals surface area contributed by atoms with E-state index >= 15 is 0 Å². The van der Waals surface area contributed by atoms with Crippen LogP contribution in [0.2, 0.25) is 0 Å². The van der Waals surface area contributed by atoms with E-state index in [0.717, 1.165) is 25.8 Å². The molecule has 2 aliphatic heterocycles. The normalized spacial score (nSPS) is 29.9. The van der Waals surface area contributed by atoms with E-state index in [0.29, 0.717) is 13.0 Å². The van der Waals surface area contributed by atoms with Gasteiger partial charge in [-0.15, -0.1) is 0 Å². The van der Waals surface area contributed by atoms with E-state index < -0.39 is 5.72 Å². The van der Waals surface area contributed by atoms with Gasteiger partial charge in [-0.2, -0.15) is 0 Å². The molecule has 0 N–H and O–H groups in total. The maximum Gasteiger partial charge on any atom is 0.309 e. The first-order valence-corrected chi connectivity index (χ1v) is 7.28. The summed E-state index contributed by atoms with van der Waals surface area (Å²) in [7, 11) is 1.44. The summed E-state index contributed by atoms with van der Waals surface area (Å²) in [6.45, 7) is 1.64. The van der Waals surface area contributed by atoms with Gasteiger partial charge < -0.3 is 9.47 Å². The number of hydrogen-bond acceptors (Lipinski definition) is 4. The molecule has 0 aliphatic carbocycles. The quantitative estimate of drug-likeness (QED) is 0.795. The van der Waals surface area contributed by atoms with Gasteiger partial charge in [-0.3, -0.25) is 9.69 Å². The Bertz CT molecular complexity index is 476. The Morgan fingerprint density at radius 1 is 1.40 bits per heavy atom. The zero-order valence-electron chi connectivity index (χ0n) is 11.9. The van der Waals surface area contributed by atoms with Gasteiger partial charge in [0.15, 0.2) is 0 Å². The highest BCUT2D eigenvalue weighted by Gasteiger charge is 2.50. The van der Waals surface area contributed by atoms with Crippen LogP contribution in [0.4, 0.5) is 0 Å². The minimum Gasteiger partial charge on any atom is -0.469 e. The zero-order valence-corrected chi connectivity index (χ0v) is 11.9. The number of benzene rings is 1. The molecule has 0 aromatic heterocycles. The first-order chi connectivity index (χ1) is 9.75. The van der Waals surface area contributed by atoms with E-state index in [2.05, 4.69) is 29.2 Å². The van der Waals surface area contributed by atoms with E-state index in [1.165, 1.54) is 12.7 Å². The first-order valence-electron chi connectivity index (χ1n) is 7.28. The summed E-state index contributed by atoms with van der Waals surface area (Å²) in [4.78, 5) is 14.1. The van der Waals surface area contributed by atoms with Crippen molar-refractivity contribution in [1.82, 2.24) is 4.90 Å². The van der Waals surface area contributed by atoms with Crippen LogP contribution in [0.3, 0.4) is 0 Å². The third-order valence-corrected chi connectivity index (χ3v) is 4.46. The predicted octanol–water partition coefficient (Wildman–Crippen LogP) is 2.50. The van der Waals surface area contributed by atoms with Gasteiger partial charge in [0.05, 0.1) is 26.2 Å². The van der Waals surface area contributed by atoms with Crippen molar-refractivity contribution < 1.29 is 14.3 Å². The molecule has 20 heavy (non-hydrogen) atoms. The van der Waals surface area contributed by atoms with Crippen LogP contribution in [0.25, 0.3) is 0 Å². The molecule has 2 heterocycles. The van der Waals surface area contributed by atoms with Crippen LogP contribution in [-0.2, 0) is 14.3 Å². The number of carbonyl (C=O) groups is 1. The Labute approximate surface area is 119 Å². The van der Waals surface area contributed by atoms with Crippen molar-refractivity contribution in [3.63, 3.8) is 0 Å². The highest BCUT2D eigenvalue weighted by Crippen LogP contribution is 2.44. The molecule has 4 heteroatoms. The van der Waals surface area contributed by atoms with Gasteiger partial charge in [0, 0.05) is 6.54 Å². The van der Waals surface area contributed by atoms with Crippen molar-refractivity contribution in [1.29, 1.82) is 0 Å². The standard InChI is InChI=1S/C16H21NO3/c1-19-15(18)11-16-9-5-6-10-17(16)14(12-20-16)13-7-3-2-4-8-13/h2-4,7-8,14H,5-6,9-12H2,1H3/t14-,16+/m1/s1. The van der Waals surface area contributed by atoms with Crippen LogP contribution in [0, 0.1) is 0 Å². The first kappa shape index (κ1) is 13.6. The van der Waals surface area contributed by atoms with Crippen LogP contribution in [-0.4, -0.2) is 36.9 Å². The molecule has 0 radical (unpaired) electrons. The number of methoxy groups -OCH3 is 1. The van der Waals surface area contributed by atoms with E-state index in [1.807, 2.05) is 6.07 Å². The lowest BCUT2D eigenvalue weighted by Gasteiger charge is -2.42. The van der Waals surface area contributed by atoms with Gasteiger partial charge >= 0.3 is 5.97 Å². The molecule has 1 aromatic rings. The molecular weight excluding hydrogens is 254 g/mol. The number of ether oxygens (including phenoxy) is 2. The molecule has 2 atom stereocenters. The largest absolute Gasteiger partial charge is 0.469 e. The Kier molecular flexibility index (Phi) is 3.76. The summed E-state index contributed by atoms with van der Waals surface area (Å²) in [5.74, 6) is -0.189. The number of piperidine rings is 1. The molecule has 1 aromatic carbocycles. The van der Waals surface area contributed by atoms with Crippen molar-refractivity contribution in [2.75, 3.05) is 20.3 Å². The van der Waals surface area contributed by atoms with Crippen LogP contribution < -0.4 is 0 Å². The monoisotopic (exact) mass is 275 g/mol. The third-order valence-electron chi connectivity index (χ3n) is 4.46. The molecular formula is C16H21NO3. The number of esters is 1. The van der Waals surface area contributed by atoms with Gasteiger partial charge in [0.25, 0.3) is 0 Å². The lowest BCUT2D eigenvalue weighted by atomic mass is 9.93. The van der Waals surface area contributed by atoms with E-state index in [-0.39, 0.29) is 12.0 Å². The fraction of sp³-hybridized carbons (Fsp3) is 0.562. The minimum atomic E-state index is -0.453. The molecule has 2 fully saturated rings. The van der Waals surface area contributed by atoms with Crippen molar-refractivity contribution in [2.45, 2.75) is 37.5 Å². The second kappa shape index (κ2) is 5.54. The van der Waals surface area contributed by atoms with E-state index in [9.17, 15) is 4.79 Å². The summed E-state index contributed by atoms with van der Waals surface area (Å²) in [6.07, 6.45) is 3.50. The smallest absolute Gasteiger partial charge is 0.309 e.